The van der Waals surface area contributed by atoms with Gasteiger partial charge in [0.25, 0.3) is 11.8 Å². The van der Waals surface area contributed by atoms with Crippen LogP contribution in [0.5, 0.6) is 5.75 Å². The smallest absolute Gasteiger partial charge is 0.262 e. The Bertz CT molecular complexity index is 846. The van der Waals surface area contributed by atoms with E-state index < -0.39 is 0 Å². The van der Waals surface area contributed by atoms with Crippen molar-refractivity contribution >= 4 is 23.2 Å². The van der Waals surface area contributed by atoms with Crippen molar-refractivity contribution in [2.75, 3.05) is 11.9 Å². The maximum absolute atomic E-state index is 12.0. The van der Waals surface area contributed by atoms with Crippen LogP contribution in [0.1, 0.15) is 5.82 Å². The molecule has 0 aliphatic rings. The maximum atomic E-state index is 12.0. The fourth-order valence-electron chi connectivity index (χ4n) is 2.02. The molecule has 0 saturated carbocycles. The Labute approximate surface area is 143 Å². The summed E-state index contributed by atoms with van der Waals surface area (Å²) in [6.45, 7) is 1.64. The third-order valence-corrected chi connectivity index (χ3v) is 3.36. The van der Waals surface area contributed by atoms with Crippen LogP contribution in [0.25, 0.3) is 11.5 Å². The number of benzene rings is 2. The summed E-state index contributed by atoms with van der Waals surface area (Å²) in [5.41, 5.74) is 1.35. The maximum Gasteiger partial charge on any atom is 0.262 e. The van der Waals surface area contributed by atoms with Crippen LogP contribution in [0.2, 0.25) is 5.02 Å². The fourth-order valence-corrected chi connectivity index (χ4v) is 2.15. The Morgan fingerprint density at radius 3 is 2.75 bits per heavy atom. The summed E-state index contributed by atoms with van der Waals surface area (Å²) in [7, 11) is 0. The summed E-state index contributed by atoms with van der Waals surface area (Å²) in [6.07, 6.45) is 0. The van der Waals surface area contributed by atoms with Crippen molar-refractivity contribution < 1.29 is 14.1 Å². The molecule has 0 bridgehead atoms. The first-order valence-electron chi connectivity index (χ1n) is 7.19. The number of aromatic nitrogens is 2. The van der Waals surface area contributed by atoms with Gasteiger partial charge in [0.15, 0.2) is 12.4 Å². The van der Waals surface area contributed by atoms with Crippen molar-refractivity contribution in [3.05, 3.63) is 59.4 Å². The minimum absolute atomic E-state index is 0.106. The number of ether oxygens (including phenoxy) is 1. The number of halogens is 1. The zero-order chi connectivity index (χ0) is 16.9. The minimum Gasteiger partial charge on any atom is -0.484 e. The average Bonchev–Trinajstić information content (AvgIpc) is 3.01. The molecule has 1 N–H and O–H groups in total. The zero-order valence-corrected chi connectivity index (χ0v) is 13.6. The van der Waals surface area contributed by atoms with E-state index in [4.69, 9.17) is 20.9 Å². The van der Waals surface area contributed by atoms with E-state index >= 15 is 0 Å². The van der Waals surface area contributed by atoms with Gasteiger partial charge in [-0.2, -0.15) is 4.98 Å². The Kier molecular flexibility index (Phi) is 4.77. The molecule has 6 nitrogen and oxygen atoms in total. The summed E-state index contributed by atoms with van der Waals surface area (Å²) in [5, 5.41) is 7.12. The highest BCUT2D eigenvalue weighted by Gasteiger charge is 2.09. The first kappa shape index (κ1) is 16.0. The first-order valence-corrected chi connectivity index (χ1v) is 7.57. The Morgan fingerprint density at radius 1 is 1.25 bits per heavy atom. The molecule has 1 heterocycles. The van der Waals surface area contributed by atoms with E-state index in [1.807, 2.05) is 6.07 Å². The lowest BCUT2D eigenvalue weighted by Gasteiger charge is -2.08. The molecule has 122 valence electrons. The predicted molar refractivity (Wildman–Crippen MR) is 90.0 cm³/mol. The standard InChI is InChI=1S/C17H14ClN3O3/c1-11-19-17(24-21-11)12-3-2-4-14(9-12)20-16(22)10-23-15-7-5-13(18)6-8-15/h2-9H,10H2,1H3,(H,20,22). The summed E-state index contributed by atoms with van der Waals surface area (Å²) in [5.74, 6) is 1.25. The topological polar surface area (TPSA) is 77.2 Å². The number of aryl methyl sites for hydroxylation is 1. The van der Waals surface area contributed by atoms with Gasteiger partial charge in [-0.05, 0) is 49.4 Å². The molecule has 1 amide bonds. The van der Waals surface area contributed by atoms with Gasteiger partial charge in [-0.1, -0.05) is 22.8 Å². The van der Waals surface area contributed by atoms with Gasteiger partial charge in [0.05, 0.1) is 0 Å². The number of nitrogens with zero attached hydrogens (tertiary/aromatic N) is 2. The molecule has 0 atom stereocenters. The Hall–Kier alpha value is -2.86. The number of hydrogen-bond donors (Lipinski definition) is 1. The van der Waals surface area contributed by atoms with Gasteiger partial charge in [-0.3, -0.25) is 4.79 Å². The monoisotopic (exact) mass is 343 g/mol. The number of carbonyl (C=O) groups is 1. The van der Waals surface area contributed by atoms with Gasteiger partial charge < -0.3 is 14.6 Å². The van der Waals surface area contributed by atoms with Gasteiger partial charge in [0.2, 0.25) is 0 Å². The van der Waals surface area contributed by atoms with Gasteiger partial charge in [0.1, 0.15) is 5.75 Å². The second-order valence-electron chi connectivity index (χ2n) is 5.02. The molecule has 2 aromatic carbocycles. The normalized spacial score (nSPS) is 10.4. The molecular formula is C17H14ClN3O3. The van der Waals surface area contributed by atoms with E-state index in [-0.39, 0.29) is 12.5 Å². The average molecular weight is 344 g/mol. The van der Waals surface area contributed by atoms with E-state index in [0.29, 0.717) is 28.2 Å². The van der Waals surface area contributed by atoms with Crippen molar-refractivity contribution in [3.8, 4) is 17.2 Å². The largest absolute Gasteiger partial charge is 0.484 e. The van der Waals surface area contributed by atoms with E-state index in [0.717, 1.165) is 5.56 Å². The van der Waals surface area contributed by atoms with Crippen molar-refractivity contribution in [3.63, 3.8) is 0 Å². The summed E-state index contributed by atoms with van der Waals surface area (Å²) < 4.78 is 10.5. The molecular weight excluding hydrogens is 330 g/mol. The number of amides is 1. The SMILES string of the molecule is Cc1noc(-c2cccc(NC(=O)COc3ccc(Cl)cc3)c2)n1. The first-order chi connectivity index (χ1) is 11.6. The second kappa shape index (κ2) is 7.14. The Morgan fingerprint density at radius 2 is 2.04 bits per heavy atom. The number of hydrogen-bond acceptors (Lipinski definition) is 5. The van der Waals surface area contributed by atoms with Crippen LogP contribution < -0.4 is 10.1 Å². The molecule has 24 heavy (non-hydrogen) atoms. The third kappa shape index (κ3) is 4.11. The highest BCUT2D eigenvalue weighted by molar-refractivity contribution is 6.30. The Balaban J connectivity index is 1.61. The molecule has 0 spiro atoms. The predicted octanol–water partition coefficient (Wildman–Crippen LogP) is 3.72. The molecule has 1 aromatic heterocycles. The van der Waals surface area contributed by atoms with Crippen molar-refractivity contribution in [1.29, 1.82) is 0 Å². The lowest BCUT2D eigenvalue weighted by Crippen LogP contribution is -2.20. The summed E-state index contributed by atoms with van der Waals surface area (Å²) >= 11 is 5.80. The number of anilines is 1. The summed E-state index contributed by atoms with van der Waals surface area (Å²) in [4.78, 5) is 16.1. The molecule has 3 aromatic rings. The molecule has 0 unspecified atom stereocenters. The van der Waals surface area contributed by atoms with Gasteiger partial charge >= 0.3 is 0 Å². The third-order valence-electron chi connectivity index (χ3n) is 3.10. The van der Waals surface area contributed by atoms with Crippen LogP contribution >= 0.6 is 11.6 Å². The fraction of sp³-hybridized carbons (Fsp3) is 0.118. The quantitative estimate of drug-likeness (QED) is 0.764. The van der Waals surface area contributed by atoms with E-state index in [1.54, 1.807) is 49.4 Å². The molecule has 7 heteroatoms. The van der Waals surface area contributed by atoms with Crippen LogP contribution in [0.3, 0.4) is 0 Å². The number of nitrogens with one attached hydrogen (secondary N) is 1. The second-order valence-corrected chi connectivity index (χ2v) is 5.45. The van der Waals surface area contributed by atoms with Crippen LogP contribution in [-0.4, -0.2) is 22.7 Å². The van der Waals surface area contributed by atoms with Crippen LogP contribution in [0, 0.1) is 6.92 Å². The van der Waals surface area contributed by atoms with Crippen LogP contribution in [0.4, 0.5) is 5.69 Å². The van der Waals surface area contributed by atoms with Gasteiger partial charge in [-0.25, -0.2) is 0 Å². The zero-order valence-electron chi connectivity index (χ0n) is 12.8. The van der Waals surface area contributed by atoms with Crippen LogP contribution in [0.15, 0.2) is 53.1 Å². The van der Waals surface area contributed by atoms with Crippen molar-refractivity contribution in [1.82, 2.24) is 10.1 Å². The van der Waals surface area contributed by atoms with Gasteiger partial charge in [-0.15, -0.1) is 0 Å². The van der Waals surface area contributed by atoms with Crippen molar-refractivity contribution in [2.45, 2.75) is 6.92 Å². The van der Waals surface area contributed by atoms with E-state index in [2.05, 4.69) is 15.5 Å². The minimum atomic E-state index is -0.274. The number of rotatable bonds is 5. The highest BCUT2D eigenvalue weighted by Crippen LogP contribution is 2.21. The lowest BCUT2D eigenvalue weighted by atomic mass is 10.2. The van der Waals surface area contributed by atoms with Crippen molar-refractivity contribution in [2.24, 2.45) is 0 Å². The molecule has 0 aliphatic carbocycles. The molecule has 0 aliphatic heterocycles. The molecule has 0 saturated heterocycles. The van der Waals surface area contributed by atoms with E-state index in [1.165, 1.54) is 0 Å². The van der Waals surface area contributed by atoms with Gasteiger partial charge in [0, 0.05) is 16.3 Å². The van der Waals surface area contributed by atoms with E-state index in [9.17, 15) is 4.79 Å². The lowest BCUT2D eigenvalue weighted by molar-refractivity contribution is -0.118. The molecule has 0 fully saturated rings. The molecule has 3 rings (SSSR count). The highest BCUT2D eigenvalue weighted by atomic mass is 35.5. The van der Waals surface area contributed by atoms with Crippen LogP contribution in [-0.2, 0) is 4.79 Å². The molecule has 0 radical (unpaired) electrons. The summed E-state index contributed by atoms with van der Waals surface area (Å²) in [6, 6.07) is 14.0. The number of carbonyl (C=O) groups excluding carboxylic acids is 1.